The summed E-state index contributed by atoms with van der Waals surface area (Å²) >= 11 is 0. The Labute approximate surface area is 233 Å². The third-order valence-corrected chi connectivity index (χ3v) is 6.78. The molecule has 3 aliphatic rings. The SMILES string of the molecule is [2H]CC1(C[2H])c2cc(N3C([2H])([2H])C([2H])([2H])C([2H])(N4CC([2H])([2H])OC([2H])([2H])C4)C([2H])([2H])C3([2H])[2H])c(CC)cc2C(=O)c2c1[nH]c1cc(C#N)ccc21. The molecule has 0 unspecified atom stereocenters. The number of hydrogen-bond acceptors (Lipinski definition) is 5. The van der Waals surface area contributed by atoms with E-state index in [9.17, 15) is 11.4 Å². The lowest BCUT2D eigenvalue weighted by atomic mass is 9.70. The lowest BCUT2D eigenvalue weighted by Crippen LogP contribution is -2.49. The molecule has 6 heteroatoms. The maximum absolute atomic E-state index is 14.2. The van der Waals surface area contributed by atoms with Crippen LogP contribution in [0.25, 0.3) is 10.9 Å². The molecule has 0 saturated carbocycles. The molecule has 2 aromatic carbocycles. The van der Waals surface area contributed by atoms with Gasteiger partial charge in [-0.2, -0.15) is 5.26 Å². The van der Waals surface area contributed by atoms with E-state index in [4.69, 9.17) is 23.9 Å². The Hall–Kier alpha value is -3.14. The van der Waals surface area contributed by atoms with Gasteiger partial charge in [-0.1, -0.05) is 26.8 Å². The van der Waals surface area contributed by atoms with Crippen molar-refractivity contribution in [1.29, 1.82) is 5.26 Å². The highest BCUT2D eigenvalue weighted by Gasteiger charge is 2.40. The molecule has 6 rings (SSSR count). The number of fused-ring (bicyclic) bond motifs is 4. The van der Waals surface area contributed by atoms with Crippen LogP contribution < -0.4 is 4.90 Å². The fourth-order valence-electron chi connectivity index (χ4n) is 4.88. The number of H-pyrrole nitrogens is 1. The number of anilines is 1. The van der Waals surface area contributed by atoms with Crippen LogP contribution in [-0.2, 0) is 16.6 Å². The average molecular weight is 498 g/mol. The van der Waals surface area contributed by atoms with Gasteiger partial charge >= 0.3 is 0 Å². The summed E-state index contributed by atoms with van der Waals surface area (Å²) in [5.41, 5.74) is -0.788. The molecule has 0 bridgehead atoms. The number of hydrogen-bond donors (Lipinski definition) is 1. The van der Waals surface area contributed by atoms with E-state index >= 15 is 0 Å². The molecule has 0 amide bonds. The van der Waals surface area contributed by atoms with E-state index in [1.165, 1.54) is 24.3 Å². The molecule has 1 aromatic heterocycles. The van der Waals surface area contributed by atoms with Gasteiger partial charge in [0.1, 0.15) is 0 Å². The zero-order valence-electron chi connectivity index (χ0n) is 34.6. The summed E-state index contributed by atoms with van der Waals surface area (Å²) in [6.45, 7) is -14.6. The van der Waals surface area contributed by atoms with Crippen molar-refractivity contribution in [3.05, 3.63) is 63.8 Å². The summed E-state index contributed by atoms with van der Waals surface area (Å²) in [5, 5.41) is 9.89. The molecular formula is C30H34N4O2. The first-order valence-electron chi connectivity index (χ1n) is 19.4. The number of aromatic amines is 1. The van der Waals surface area contributed by atoms with Crippen molar-refractivity contribution in [2.75, 3.05) is 44.1 Å². The van der Waals surface area contributed by atoms with Crippen molar-refractivity contribution in [3.8, 4) is 6.07 Å². The van der Waals surface area contributed by atoms with E-state index in [2.05, 4.69) is 4.98 Å². The van der Waals surface area contributed by atoms with Gasteiger partial charge in [0.25, 0.3) is 0 Å². The molecule has 3 heterocycles. The van der Waals surface area contributed by atoms with Crippen LogP contribution in [0.5, 0.6) is 0 Å². The summed E-state index contributed by atoms with van der Waals surface area (Å²) in [7, 11) is 0. The molecule has 2 saturated heterocycles. The third-order valence-electron chi connectivity index (χ3n) is 6.78. The third kappa shape index (κ3) is 3.56. The molecule has 0 atom stereocenters. The monoisotopic (exact) mass is 497 g/mol. The maximum atomic E-state index is 14.2. The quantitative estimate of drug-likeness (QED) is 0.564. The molecule has 0 radical (unpaired) electrons. The Morgan fingerprint density at radius 3 is 2.72 bits per heavy atom. The van der Waals surface area contributed by atoms with E-state index in [1.54, 1.807) is 13.0 Å². The van der Waals surface area contributed by atoms with Crippen LogP contribution in [0.15, 0.2) is 30.3 Å². The van der Waals surface area contributed by atoms with Gasteiger partial charge in [-0.25, -0.2) is 0 Å². The van der Waals surface area contributed by atoms with E-state index in [0.717, 1.165) is 0 Å². The number of nitrogens with zero attached hydrogens (tertiary/aromatic N) is 3. The lowest BCUT2D eigenvalue weighted by Gasteiger charge is -2.42. The Kier molecular flexibility index (Phi) is 2.90. The summed E-state index contributed by atoms with van der Waals surface area (Å²) in [4.78, 5) is 18.0. The van der Waals surface area contributed by atoms with E-state index in [1.807, 2.05) is 6.07 Å². The summed E-state index contributed by atoms with van der Waals surface area (Å²) < 4.78 is 136. The van der Waals surface area contributed by atoms with Crippen LogP contribution in [0.1, 0.15) is 92.3 Å². The van der Waals surface area contributed by atoms with Gasteiger partial charge in [0.15, 0.2) is 5.78 Å². The van der Waals surface area contributed by atoms with Gasteiger partial charge < -0.3 is 14.6 Å². The summed E-state index contributed by atoms with van der Waals surface area (Å²) in [6, 6.07) is 5.60. The van der Waals surface area contributed by atoms with Crippen LogP contribution in [-0.4, -0.2) is 60.9 Å². The Balaban J connectivity index is 1.61. The van der Waals surface area contributed by atoms with Crippen molar-refractivity contribution >= 4 is 22.4 Å². The number of aromatic nitrogens is 1. The van der Waals surface area contributed by atoms with Crippen LogP contribution in [0.2, 0.25) is 0 Å². The Morgan fingerprint density at radius 1 is 1.25 bits per heavy atom. The molecule has 3 aromatic rings. The van der Waals surface area contributed by atoms with Crippen molar-refractivity contribution in [2.45, 2.75) is 51.3 Å². The van der Waals surface area contributed by atoms with E-state index in [-0.39, 0.29) is 50.5 Å². The summed E-state index contributed by atoms with van der Waals surface area (Å²) in [6.07, 6.45) is -7.44. The van der Waals surface area contributed by atoms with Gasteiger partial charge in [0.2, 0.25) is 0 Å². The molecule has 2 fully saturated rings. The predicted octanol–water partition coefficient (Wildman–Crippen LogP) is 4.77. The van der Waals surface area contributed by atoms with Crippen molar-refractivity contribution in [3.63, 3.8) is 0 Å². The number of carbonyl (C=O) groups is 1. The number of nitriles is 1. The number of morpholine rings is 1. The second-order valence-electron chi connectivity index (χ2n) is 8.94. The maximum Gasteiger partial charge on any atom is 0.195 e. The predicted molar refractivity (Wildman–Crippen MR) is 142 cm³/mol. The largest absolute Gasteiger partial charge is 0.379 e. The molecule has 1 aliphatic carbocycles. The number of ketones is 1. The minimum absolute atomic E-state index is 0.00146. The average Bonchev–Trinajstić information content (AvgIpc) is 3.41. The zero-order chi connectivity index (χ0) is 38.1. The zero-order valence-corrected chi connectivity index (χ0v) is 19.6. The minimum Gasteiger partial charge on any atom is -0.379 e. The van der Waals surface area contributed by atoms with Crippen molar-refractivity contribution in [2.24, 2.45) is 0 Å². The number of carbonyl (C=O) groups excluding carboxylic acids is 1. The first kappa shape index (κ1) is 11.9. The van der Waals surface area contributed by atoms with Gasteiger partial charge in [-0.15, -0.1) is 0 Å². The second kappa shape index (κ2) is 8.76. The number of ether oxygens (including phenoxy) is 1. The van der Waals surface area contributed by atoms with Crippen LogP contribution in [0.4, 0.5) is 5.69 Å². The number of piperidine rings is 1. The molecule has 0 spiro atoms. The smallest absolute Gasteiger partial charge is 0.195 e. The number of benzene rings is 2. The fourth-order valence-corrected chi connectivity index (χ4v) is 4.88. The normalized spacial score (nSPS) is 35.6. The molecule has 186 valence electrons. The standard InChI is InChI=1S/C30H34N4O2/c1-4-20-16-23-24(17-26(20)34-9-7-21(8-10-34)33-11-13-36-14-12-33)30(2,3)29-27(28(23)35)22-6-5-19(18-31)15-25(22)32-29/h5-6,15-17,21,32H,4,7-14H2,1-3H3/i2D,3D,7D2,8D2,9D2,10D2,13D2,14D2,21D. The first-order chi connectivity index (χ1) is 23.4. The summed E-state index contributed by atoms with van der Waals surface area (Å²) in [5.74, 6) is -0.522. The number of nitrogens with one attached hydrogen (secondary N) is 1. The van der Waals surface area contributed by atoms with Gasteiger partial charge in [-0.3, -0.25) is 9.69 Å². The van der Waals surface area contributed by atoms with E-state index in [0.29, 0.717) is 15.8 Å². The molecular weight excluding hydrogens is 448 g/mol. The van der Waals surface area contributed by atoms with Crippen LogP contribution in [0.3, 0.4) is 0 Å². The molecule has 36 heavy (non-hydrogen) atoms. The second-order valence-corrected chi connectivity index (χ2v) is 8.94. The minimum atomic E-state index is -3.72. The lowest BCUT2D eigenvalue weighted by molar-refractivity contribution is 0.0115. The van der Waals surface area contributed by atoms with Crippen molar-refractivity contribution in [1.82, 2.24) is 9.88 Å². The highest BCUT2D eigenvalue weighted by Crippen LogP contribution is 2.46. The first-order valence-corrected chi connectivity index (χ1v) is 11.5. The van der Waals surface area contributed by atoms with E-state index < -0.39 is 83.0 Å². The Morgan fingerprint density at radius 2 is 2.03 bits per heavy atom. The molecule has 1 N–H and O–H groups in total. The van der Waals surface area contributed by atoms with Crippen LogP contribution >= 0.6 is 0 Å². The number of aryl methyl sites for hydroxylation is 1. The van der Waals surface area contributed by atoms with Gasteiger partial charge in [-0.05, 0) is 54.6 Å². The fraction of sp³-hybridized carbons (Fsp3) is 0.467. The highest BCUT2D eigenvalue weighted by molar-refractivity contribution is 6.20. The van der Waals surface area contributed by atoms with Gasteiger partial charge in [0.05, 0.1) is 35.8 Å². The van der Waals surface area contributed by atoms with Gasteiger partial charge in [0, 0.05) is 80.4 Å². The van der Waals surface area contributed by atoms with Crippen molar-refractivity contribution < 1.29 is 30.1 Å². The molecule has 6 nitrogen and oxygen atoms in total. The number of rotatable bonds is 3. The Bertz CT molecular complexity index is 1960. The highest BCUT2D eigenvalue weighted by atomic mass is 16.5. The molecule has 2 aliphatic heterocycles. The van der Waals surface area contributed by atoms with Crippen LogP contribution in [0, 0.1) is 11.3 Å². The topological polar surface area (TPSA) is 72.4 Å².